The van der Waals surface area contributed by atoms with Gasteiger partial charge in [0.25, 0.3) is 5.91 Å². The van der Waals surface area contributed by atoms with Crippen molar-refractivity contribution in [3.63, 3.8) is 0 Å². The molecular weight excluding hydrogens is 486 g/mol. The van der Waals surface area contributed by atoms with Crippen LogP contribution in [0.1, 0.15) is 15.9 Å². The number of carbonyl (C=O) groups is 1. The topological polar surface area (TPSA) is 59.8 Å². The highest BCUT2D eigenvalue weighted by Crippen LogP contribution is 2.31. The Balaban J connectivity index is 1.32. The molecule has 0 saturated carbocycles. The quantitative estimate of drug-likeness (QED) is 0.247. The van der Waals surface area contributed by atoms with Crippen molar-refractivity contribution >= 4 is 34.7 Å². The Morgan fingerprint density at radius 2 is 1.57 bits per heavy atom. The molecule has 0 spiro atoms. The number of halogens is 2. The molecule has 5 rings (SSSR count). The number of nitrogens with zero attached hydrogens (tertiary/aromatic N) is 3. The number of thiophene rings is 1. The molecule has 5 nitrogen and oxygen atoms in total. The van der Waals surface area contributed by atoms with E-state index in [2.05, 4.69) is 15.5 Å². The van der Waals surface area contributed by atoms with Gasteiger partial charge in [0.1, 0.15) is 11.6 Å². The van der Waals surface area contributed by atoms with Crippen LogP contribution in [-0.2, 0) is 5.75 Å². The van der Waals surface area contributed by atoms with Crippen LogP contribution >= 0.6 is 23.1 Å². The van der Waals surface area contributed by atoms with Gasteiger partial charge in [-0.2, -0.15) is 0 Å². The first-order valence-electron chi connectivity index (χ1n) is 10.6. The van der Waals surface area contributed by atoms with Crippen LogP contribution in [0.15, 0.2) is 95.5 Å². The molecule has 0 fully saturated rings. The molecule has 1 amide bonds. The van der Waals surface area contributed by atoms with Crippen molar-refractivity contribution in [2.24, 2.45) is 0 Å². The monoisotopic (exact) mass is 504 g/mol. The lowest BCUT2D eigenvalue weighted by Gasteiger charge is -2.10. The normalized spacial score (nSPS) is 10.9. The highest BCUT2D eigenvalue weighted by Gasteiger charge is 2.17. The zero-order valence-corrected chi connectivity index (χ0v) is 19.8. The SMILES string of the molecule is O=C(Nc1ccc(F)cc1)c1ccc(CSc2nnc(-c3cccs3)n2-c2ccc(F)cc2)cc1. The van der Waals surface area contributed by atoms with E-state index in [1.54, 1.807) is 35.6 Å². The van der Waals surface area contributed by atoms with Crippen molar-refractivity contribution in [1.82, 2.24) is 14.8 Å². The number of hydrogen-bond donors (Lipinski definition) is 1. The Morgan fingerprint density at radius 3 is 2.23 bits per heavy atom. The number of carbonyl (C=O) groups excluding carboxylic acids is 1. The van der Waals surface area contributed by atoms with Gasteiger partial charge in [-0.1, -0.05) is 30.0 Å². The third kappa shape index (κ3) is 5.31. The summed E-state index contributed by atoms with van der Waals surface area (Å²) in [5, 5.41) is 14.2. The lowest BCUT2D eigenvalue weighted by molar-refractivity contribution is 0.102. The number of benzene rings is 3. The second-order valence-corrected chi connectivity index (χ2v) is 9.43. The Kier molecular flexibility index (Phi) is 6.69. The molecule has 0 aliphatic rings. The smallest absolute Gasteiger partial charge is 0.255 e. The van der Waals surface area contributed by atoms with Gasteiger partial charge >= 0.3 is 0 Å². The summed E-state index contributed by atoms with van der Waals surface area (Å²) in [6.45, 7) is 0. The Hall–Kier alpha value is -3.82. The van der Waals surface area contributed by atoms with E-state index >= 15 is 0 Å². The molecule has 35 heavy (non-hydrogen) atoms. The summed E-state index contributed by atoms with van der Waals surface area (Å²) >= 11 is 3.06. The first-order valence-corrected chi connectivity index (χ1v) is 12.5. The van der Waals surface area contributed by atoms with E-state index < -0.39 is 0 Å². The van der Waals surface area contributed by atoms with Gasteiger partial charge in [-0.15, -0.1) is 21.5 Å². The molecule has 174 valence electrons. The molecule has 9 heteroatoms. The maximum atomic E-state index is 13.5. The number of amides is 1. The van der Waals surface area contributed by atoms with Gasteiger partial charge in [-0.25, -0.2) is 8.78 Å². The van der Waals surface area contributed by atoms with Crippen molar-refractivity contribution < 1.29 is 13.6 Å². The minimum Gasteiger partial charge on any atom is -0.322 e. The van der Waals surface area contributed by atoms with Crippen molar-refractivity contribution in [2.75, 3.05) is 5.32 Å². The number of anilines is 1. The lowest BCUT2D eigenvalue weighted by Crippen LogP contribution is -2.11. The zero-order valence-electron chi connectivity index (χ0n) is 18.2. The molecular formula is C26H18F2N4OS2. The van der Waals surface area contributed by atoms with Crippen LogP contribution in [0.3, 0.4) is 0 Å². The van der Waals surface area contributed by atoms with Crippen LogP contribution in [0.2, 0.25) is 0 Å². The van der Waals surface area contributed by atoms with Gasteiger partial charge in [0.05, 0.1) is 4.88 Å². The van der Waals surface area contributed by atoms with Gasteiger partial charge in [-0.05, 0) is 77.7 Å². The molecule has 1 N–H and O–H groups in total. The van der Waals surface area contributed by atoms with Gasteiger partial charge in [0.15, 0.2) is 11.0 Å². The van der Waals surface area contributed by atoms with Gasteiger partial charge in [0, 0.05) is 22.7 Å². The number of rotatable bonds is 7. The van der Waals surface area contributed by atoms with Gasteiger partial charge in [0.2, 0.25) is 0 Å². The summed E-state index contributed by atoms with van der Waals surface area (Å²) in [6.07, 6.45) is 0. The Morgan fingerprint density at radius 1 is 0.886 bits per heavy atom. The molecule has 0 saturated heterocycles. The minimum atomic E-state index is -0.359. The van der Waals surface area contributed by atoms with Gasteiger partial charge in [-0.3, -0.25) is 9.36 Å². The highest BCUT2D eigenvalue weighted by molar-refractivity contribution is 7.98. The standard InChI is InChI=1S/C26H18F2N4OS2/c27-19-7-11-21(12-8-19)29-25(33)18-5-3-17(4-6-18)16-35-26-31-30-24(23-2-1-15-34-23)32(26)22-13-9-20(28)10-14-22/h1-15H,16H2,(H,29,33). The van der Waals surface area contributed by atoms with E-state index in [4.69, 9.17) is 0 Å². The highest BCUT2D eigenvalue weighted by atomic mass is 32.2. The van der Waals surface area contributed by atoms with Crippen LogP contribution < -0.4 is 5.32 Å². The lowest BCUT2D eigenvalue weighted by atomic mass is 10.1. The fourth-order valence-electron chi connectivity index (χ4n) is 3.39. The number of aromatic nitrogens is 3. The van der Waals surface area contributed by atoms with Gasteiger partial charge < -0.3 is 5.32 Å². The third-order valence-electron chi connectivity index (χ3n) is 5.15. The van der Waals surface area contributed by atoms with Crippen molar-refractivity contribution in [3.05, 3.63) is 113 Å². The van der Waals surface area contributed by atoms with Crippen LogP contribution in [-0.4, -0.2) is 20.7 Å². The Labute approximate surface area is 208 Å². The fraction of sp³-hybridized carbons (Fsp3) is 0.0385. The van der Waals surface area contributed by atoms with Crippen molar-refractivity contribution in [2.45, 2.75) is 10.9 Å². The third-order valence-corrected chi connectivity index (χ3v) is 7.01. The molecule has 2 heterocycles. The van der Waals surface area contributed by atoms with E-state index in [1.165, 1.54) is 48.2 Å². The first-order chi connectivity index (χ1) is 17.1. The summed E-state index contributed by atoms with van der Waals surface area (Å²) in [6, 6.07) is 23.0. The second-order valence-electron chi connectivity index (χ2n) is 7.54. The summed E-state index contributed by atoms with van der Waals surface area (Å²) in [4.78, 5) is 13.4. The largest absolute Gasteiger partial charge is 0.322 e. The average molecular weight is 505 g/mol. The van der Waals surface area contributed by atoms with Crippen molar-refractivity contribution in [3.8, 4) is 16.4 Å². The van der Waals surface area contributed by atoms with E-state index in [1.807, 2.05) is 34.2 Å². The molecule has 0 bridgehead atoms. The minimum absolute atomic E-state index is 0.271. The van der Waals surface area contributed by atoms with E-state index in [9.17, 15) is 13.6 Å². The van der Waals surface area contributed by atoms with E-state index in [0.717, 1.165) is 16.1 Å². The second kappa shape index (κ2) is 10.2. The number of thioether (sulfide) groups is 1. The first kappa shape index (κ1) is 22.9. The van der Waals surface area contributed by atoms with Crippen LogP contribution in [0.25, 0.3) is 16.4 Å². The average Bonchev–Trinajstić information content (AvgIpc) is 3.55. The molecule has 0 aliphatic heterocycles. The maximum Gasteiger partial charge on any atom is 0.255 e. The number of hydrogen-bond acceptors (Lipinski definition) is 5. The number of nitrogens with one attached hydrogen (secondary N) is 1. The summed E-state index contributed by atoms with van der Waals surface area (Å²) < 4.78 is 28.5. The van der Waals surface area contributed by atoms with E-state index in [-0.39, 0.29) is 17.5 Å². The molecule has 0 radical (unpaired) electrons. The predicted octanol–water partition coefficient (Wildman–Crippen LogP) is 6.82. The van der Waals surface area contributed by atoms with Crippen molar-refractivity contribution in [1.29, 1.82) is 0 Å². The van der Waals surface area contributed by atoms with Crippen LogP contribution in [0.5, 0.6) is 0 Å². The fourth-order valence-corrected chi connectivity index (χ4v) is 4.99. The molecule has 0 unspecified atom stereocenters. The Bertz CT molecular complexity index is 1430. The molecule has 0 aliphatic carbocycles. The summed E-state index contributed by atoms with van der Waals surface area (Å²) in [5.41, 5.74) is 2.80. The van der Waals surface area contributed by atoms with Crippen LogP contribution in [0.4, 0.5) is 14.5 Å². The van der Waals surface area contributed by atoms with E-state index in [0.29, 0.717) is 28.0 Å². The molecule has 2 aromatic heterocycles. The maximum absolute atomic E-state index is 13.5. The summed E-state index contributed by atoms with van der Waals surface area (Å²) in [5.74, 6) is 0.359. The van der Waals surface area contributed by atoms with Crippen LogP contribution in [0, 0.1) is 11.6 Å². The predicted molar refractivity (Wildman–Crippen MR) is 135 cm³/mol. The molecule has 5 aromatic rings. The molecule has 3 aromatic carbocycles. The zero-order chi connectivity index (χ0) is 24.2. The molecule has 0 atom stereocenters. The summed E-state index contributed by atoms with van der Waals surface area (Å²) in [7, 11) is 0.